The van der Waals surface area contributed by atoms with Crippen LogP contribution in [0.4, 0.5) is 0 Å². The van der Waals surface area contributed by atoms with E-state index in [0.29, 0.717) is 16.7 Å². The van der Waals surface area contributed by atoms with E-state index in [2.05, 4.69) is 38.2 Å². The third-order valence-electron chi connectivity index (χ3n) is 5.70. The highest BCUT2D eigenvalue weighted by atomic mass is 79.9. The first-order chi connectivity index (χ1) is 12.9. The van der Waals surface area contributed by atoms with Crippen LogP contribution in [-0.4, -0.2) is 70.7 Å². The molecule has 1 N–H and O–H groups in total. The molecule has 1 aromatic heterocycles. The monoisotopic (exact) mass is 453 g/mol. The molecule has 1 aliphatic carbocycles. The molecule has 1 aromatic rings. The van der Waals surface area contributed by atoms with Crippen molar-refractivity contribution in [2.75, 3.05) is 27.2 Å². The van der Waals surface area contributed by atoms with Crippen LogP contribution in [0.15, 0.2) is 10.8 Å². The van der Waals surface area contributed by atoms with Gasteiger partial charge < -0.3 is 15.1 Å². The number of halogens is 1. The fourth-order valence-corrected chi connectivity index (χ4v) is 4.48. The van der Waals surface area contributed by atoms with Crippen molar-refractivity contribution < 1.29 is 9.59 Å². The molecule has 0 aromatic carbocycles. The highest BCUT2D eigenvalue weighted by molar-refractivity contribution is 9.10. The number of nitrogens with one attached hydrogen (secondary N) is 1. The molecular weight excluding hydrogens is 422 g/mol. The zero-order chi connectivity index (χ0) is 20.9. The van der Waals surface area contributed by atoms with Crippen molar-refractivity contribution in [3.63, 3.8) is 0 Å². The summed E-state index contributed by atoms with van der Waals surface area (Å²) in [5, 5.41) is 7.51. The molecule has 2 unspecified atom stereocenters. The number of carbonyl (C=O) groups is 2. The van der Waals surface area contributed by atoms with Crippen molar-refractivity contribution >= 4 is 27.7 Å². The predicted octanol–water partition coefficient (Wildman–Crippen LogP) is 2.46. The molecule has 8 heteroatoms. The minimum absolute atomic E-state index is 0.0357. The van der Waals surface area contributed by atoms with Crippen LogP contribution >= 0.6 is 15.9 Å². The maximum atomic E-state index is 13.1. The maximum absolute atomic E-state index is 13.1. The normalized spacial score (nSPS) is 23.9. The Morgan fingerprint density at radius 1 is 1.36 bits per heavy atom. The standard InChI is InChI=1S/C20H32BrN5O2/c1-13-9-14(10-25(13)18(28)20(7-8-20)12-24(5)6)22-17(27)15-11-26(19(2,3)4)23-16(15)21/h11,13-14H,7-10,12H2,1-6H3,(H,22,27). The van der Waals surface area contributed by atoms with Crippen molar-refractivity contribution in [3.8, 4) is 0 Å². The number of hydrogen-bond acceptors (Lipinski definition) is 4. The summed E-state index contributed by atoms with van der Waals surface area (Å²) < 4.78 is 2.33. The van der Waals surface area contributed by atoms with E-state index in [-0.39, 0.29) is 34.9 Å². The van der Waals surface area contributed by atoms with Gasteiger partial charge in [-0.25, -0.2) is 0 Å². The molecule has 156 valence electrons. The first kappa shape index (κ1) is 21.3. The lowest BCUT2D eigenvalue weighted by molar-refractivity contribution is -0.138. The molecule has 3 rings (SSSR count). The molecule has 0 spiro atoms. The molecule has 2 aliphatic rings. The fourth-order valence-electron chi connectivity index (χ4n) is 4.03. The summed E-state index contributed by atoms with van der Waals surface area (Å²) in [7, 11) is 4.03. The number of rotatable bonds is 5. The first-order valence-electron chi connectivity index (χ1n) is 9.95. The van der Waals surface area contributed by atoms with Gasteiger partial charge in [0.15, 0.2) is 0 Å². The Morgan fingerprint density at radius 2 is 2.00 bits per heavy atom. The van der Waals surface area contributed by atoms with Gasteiger partial charge in [-0.05, 0) is 77.0 Å². The van der Waals surface area contributed by atoms with E-state index in [1.807, 2.05) is 39.8 Å². The van der Waals surface area contributed by atoms with Gasteiger partial charge in [0.05, 0.1) is 16.5 Å². The third kappa shape index (κ3) is 4.27. The number of hydrogen-bond donors (Lipinski definition) is 1. The van der Waals surface area contributed by atoms with Crippen molar-refractivity contribution in [2.24, 2.45) is 5.41 Å². The van der Waals surface area contributed by atoms with Gasteiger partial charge in [-0.1, -0.05) is 0 Å². The predicted molar refractivity (Wildman–Crippen MR) is 112 cm³/mol. The molecule has 1 saturated carbocycles. The minimum atomic E-state index is -0.215. The lowest BCUT2D eigenvalue weighted by Crippen LogP contribution is -2.44. The number of carbonyl (C=O) groups excluding carboxylic acids is 2. The highest BCUT2D eigenvalue weighted by Crippen LogP contribution is 2.48. The quantitative estimate of drug-likeness (QED) is 0.742. The Morgan fingerprint density at radius 3 is 2.50 bits per heavy atom. The van der Waals surface area contributed by atoms with Crippen molar-refractivity contribution in [1.82, 2.24) is 24.9 Å². The Hall–Kier alpha value is -1.41. The molecule has 2 atom stereocenters. The van der Waals surface area contributed by atoms with Crippen LogP contribution in [0.1, 0.15) is 57.3 Å². The Bertz CT molecular complexity index is 763. The molecule has 28 heavy (non-hydrogen) atoms. The van der Waals surface area contributed by atoms with E-state index in [0.717, 1.165) is 25.8 Å². The van der Waals surface area contributed by atoms with E-state index >= 15 is 0 Å². The topological polar surface area (TPSA) is 70.5 Å². The van der Waals surface area contributed by atoms with Crippen LogP contribution in [0.2, 0.25) is 0 Å². The Kier molecular flexibility index (Phi) is 5.66. The highest BCUT2D eigenvalue weighted by Gasteiger charge is 2.53. The average molecular weight is 454 g/mol. The van der Waals surface area contributed by atoms with Gasteiger partial charge in [-0.3, -0.25) is 14.3 Å². The van der Waals surface area contributed by atoms with Crippen LogP contribution in [0.25, 0.3) is 0 Å². The molecule has 2 amide bonds. The molecule has 7 nitrogen and oxygen atoms in total. The second-order valence-electron chi connectivity index (χ2n) is 9.68. The minimum Gasteiger partial charge on any atom is -0.347 e. The van der Waals surface area contributed by atoms with Gasteiger partial charge in [0.2, 0.25) is 5.91 Å². The van der Waals surface area contributed by atoms with Crippen molar-refractivity contribution in [2.45, 2.75) is 64.6 Å². The second-order valence-corrected chi connectivity index (χ2v) is 10.4. The second kappa shape index (κ2) is 7.44. The van der Waals surface area contributed by atoms with Gasteiger partial charge in [0.25, 0.3) is 5.91 Å². The van der Waals surface area contributed by atoms with Crippen LogP contribution in [0.5, 0.6) is 0 Å². The summed E-state index contributed by atoms with van der Waals surface area (Å²) in [5.74, 6) is 0.0930. The SMILES string of the molecule is CC1CC(NC(=O)c2cn(C(C)(C)C)nc2Br)CN1C(=O)C1(CN(C)C)CC1. The van der Waals surface area contributed by atoms with Crippen LogP contribution < -0.4 is 5.32 Å². The Labute approximate surface area is 175 Å². The van der Waals surface area contributed by atoms with Crippen LogP contribution in [0.3, 0.4) is 0 Å². The van der Waals surface area contributed by atoms with Crippen LogP contribution in [-0.2, 0) is 10.3 Å². The molecule has 2 fully saturated rings. The molecule has 0 radical (unpaired) electrons. The lowest BCUT2D eigenvalue weighted by atomic mass is 10.0. The number of aromatic nitrogens is 2. The summed E-state index contributed by atoms with van der Waals surface area (Å²) in [6.45, 7) is 9.56. The van der Waals surface area contributed by atoms with E-state index in [1.165, 1.54) is 0 Å². The lowest BCUT2D eigenvalue weighted by Gasteiger charge is -2.28. The maximum Gasteiger partial charge on any atom is 0.255 e. The number of amides is 2. The van der Waals surface area contributed by atoms with Gasteiger partial charge in [0.1, 0.15) is 4.60 Å². The summed E-state index contributed by atoms with van der Waals surface area (Å²) in [5.41, 5.74) is 0.114. The zero-order valence-corrected chi connectivity index (χ0v) is 19.3. The van der Waals surface area contributed by atoms with E-state index in [4.69, 9.17) is 0 Å². The average Bonchev–Trinajstić information content (AvgIpc) is 3.06. The van der Waals surface area contributed by atoms with Crippen LogP contribution in [0, 0.1) is 5.41 Å². The molecule has 2 heterocycles. The zero-order valence-electron chi connectivity index (χ0n) is 17.8. The first-order valence-corrected chi connectivity index (χ1v) is 10.7. The van der Waals surface area contributed by atoms with Crippen molar-refractivity contribution in [1.29, 1.82) is 0 Å². The summed E-state index contributed by atoms with van der Waals surface area (Å²) in [6.07, 6.45) is 4.48. The summed E-state index contributed by atoms with van der Waals surface area (Å²) in [6, 6.07) is 0.102. The smallest absolute Gasteiger partial charge is 0.255 e. The van der Waals surface area contributed by atoms with Gasteiger partial charge in [-0.15, -0.1) is 0 Å². The third-order valence-corrected chi connectivity index (χ3v) is 6.28. The Balaban J connectivity index is 1.65. The molecular formula is C20H32BrN5O2. The molecule has 1 saturated heterocycles. The van der Waals surface area contributed by atoms with E-state index in [9.17, 15) is 9.59 Å². The molecule has 1 aliphatic heterocycles. The fraction of sp³-hybridized carbons (Fsp3) is 0.750. The number of likely N-dealkylation sites (tertiary alicyclic amines) is 1. The summed E-state index contributed by atoms with van der Waals surface area (Å²) >= 11 is 3.40. The van der Waals surface area contributed by atoms with Gasteiger partial charge in [0, 0.05) is 31.4 Å². The van der Waals surface area contributed by atoms with E-state index < -0.39 is 0 Å². The molecule has 0 bridgehead atoms. The largest absolute Gasteiger partial charge is 0.347 e. The van der Waals surface area contributed by atoms with Gasteiger partial charge in [-0.2, -0.15) is 5.10 Å². The van der Waals surface area contributed by atoms with Gasteiger partial charge >= 0.3 is 0 Å². The van der Waals surface area contributed by atoms with Crippen molar-refractivity contribution in [3.05, 3.63) is 16.4 Å². The summed E-state index contributed by atoms with van der Waals surface area (Å²) in [4.78, 5) is 30.0. The van der Waals surface area contributed by atoms with E-state index in [1.54, 1.807) is 10.9 Å². The number of nitrogens with zero attached hydrogens (tertiary/aromatic N) is 4.